The van der Waals surface area contributed by atoms with Crippen LogP contribution in [0, 0.1) is 11.8 Å². The molecule has 2 N–H and O–H groups in total. The second-order valence-corrected chi connectivity index (χ2v) is 8.67. The maximum atomic E-state index is 12.8. The highest BCUT2D eigenvalue weighted by molar-refractivity contribution is 14.0. The summed E-state index contributed by atoms with van der Waals surface area (Å²) in [5.41, 5.74) is 0. The Balaban J connectivity index is 0.00000320. The number of aliphatic imine (C=N–C) groups is 1. The first-order valence-electron chi connectivity index (χ1n) is 11.8. The second kappa shape index (κ2) is 14.5. The molecule has 0 spiro atoms. The molecule has 0 aromatic rings. The Morgan fingerprint density at radius 1 is 1.20 bits per heavy atom. The van der Waals surface area contributed by atoms with Gasteiger partial charge < -0.3 is 25.0 Å². The van der Waals surface area contributed by atoms with Crippen LogP contribution in [0.3, 0.4) is 0 Å². The van der Waals surface area contributed by atoms with Crippen LogP contribution in [0.5, 0.6) is 0 Å². The number of guanidine groups is 1. The molecule has 1 amide bonds. The third-order valence-corrected chi connectivity index (χ3v) is 6.23. The quantitative estimate of drug-likeness (QED) is 0.205. The number of nitrogens with one attached hydrogen (secondary N) is 2. The molecule has 0 radical (unpaired) electrons. The molecule has 1 aliphatic carbocycles. The van der Waals surface area contributed by atoms with Crippen LogP contribution in [0.25, 0.3) is 0 Å². The average Bonchev–Trinajstić information content (AvgIpc) is 3.43. The zero-order valence-electron chi connectivity index (χ0n) is 18.6. The van der Waals surface area contributed by atoms with Gasteiger partial charge in [0.1, 0.15) is 0 Å². The number of hydrogen-bond donors (Lipinski definition) is 2. The van der Waals surface area contributed by atoms with Crippen molar-refractivity contribution < 1.29 is 14.3 Å². The predicted molar refractivity (Wildman–Crippen MR) is 130 cm³/mol. The SMILES string of the molecule is CCNC(=NCCCOCC1CCOC1)NC1CCN(C(=O)C2CCCCC2)C1.I. The second-order valence-electron chi connectivity index (χ2n) is 8.67. The van der Waals surface area contributed by atoms with E-state index in [1.165, 1.54) is 19.3 Å². The van der Waals surface area contributed by atoms with Gasteiger partial charge in [0.2, 0.25) is 5.91 Å². The summed E-state index contributed by atoms with van der Waals surface area (Å²) in [6.07, 6.45) is 8.89. The van der Waals surface area contributed by atoms with E-state index in [1.54, 1.807) is 0 Å². The lowest BCUT2D eigenvalue weighted by molar-refractivity contribution is -0.135. The summed E-state index contributed by atoms with van der Waals surface area (Å²) in [5, 5.41) is 6.86. The van der Waals surface area contributed by atoms with Crippen LogP contribution in [-0.4, -0.2) is 75.4 Å². The van der Waals surface area contributed by atoms with Gasteiger partial charge in [0.15, 0.2) is 5.96 Å². The van der Waals surface area contributed by atoms with Gasteiger partial charge in [0.25, 0.3) is 0 Å². The van der Waals surface area contributed by atoms with Crippen LogP contribution < -0.4 is 10.6 Å². The smallest absolute Gasteiger partial charge is 0.225 e. The summed E-state index contributed by atoms with van der Waals surface area (Å²) in [6.45, 7) is 8.58. The van der Waals surface area contributed by atoms with Crippen molar-refractivity contribution in [1.82, 2.24) is 15.5 Å². The van der Waals surface area contributed by atoms with Crippen LogP contribution in [0.2, 0.25) is 0 Å². The van der Waals surface area contributed by atoms with Gasteiger partial charge >= 0.3 is 0 Å². The molecule has 2 unspecified atom stereocenters. The fourth-order valence-corrected chi connectivity index (χ4v) is 4.52. The summed E-state index contributed by atoms with van der Waals surface area (Å²) in [5.74, 6) is 2.06. The summed E-state index contributed by atoms with van der Waals surface area (Å²) < 4.78 is 11.1. The number of carbonyl (C=O) groups is 1. The zero-order chi connectivity index (χ0) is 20.3. The Morgan fingerprint density at radius 2 is 2.03 bits per heavy atom. The molecule has 30 heavy (non-hydrogen) atoms. The van der Waals surface area contributed by atoms with E-state index >= 15 is 0 Å². The van der Waals surface area contributed by atoms with E-state index in [4.69, 9.17) is 14.5 Å². The molecule has 3 rings (SSSR count). The number of hydrogen-bond acceptors (Lipinski definition) is 4. The standard InChI is InChI=1S/C22H40N4O3.HI/c1-2-23-22(24-11-6-13-28-16-18-10-14-29-17-18)25-20-9-12-26(15-20)21(27)19-7-4-3-5-8-19;/h18-20H,2-17H2,1H3,(H2,23,24,25);1H. The van der Waals surface area contributed by atoms with Crippen molar-refractivity contribution in [2.45, 2.75) is 64.3 Å². The van der Waals surface area contributed by atoms with Crippen molar-refractivity contribution in [3.05, 3.63) is 0 Å². The Labute approximate surface area is 199 Å². The number of nitrogens with zero attached hydrogens (tertiary/aromatic N) is 2. The Kier molecular flexibility index (Phi) is 12.4. The molecule has 7 nitrogen and oxygen atoms in total. The molecule has 174 valence electrons. The van der Waals surface area contributed by atoms with Crippen LogP contribution in [-0.2, 0) is 14.3 Å². The Morgan fingerprint density at radius 3 is 2.77 bits per heavy atom. The lowest BCUT2D eigenvalue weighted by atomic mass is 9.88. The van der Waals surface area contributed by atoms with Gasteiger partial charge in [0.05, 0.1) is 13.2 Å². The van der Waals surface area contributed by atoms with E-state index in [9.17, 15) is 4.79 Å². The van der Waals surface area contributed by atoms with Crippen molar-refractivity contribution in [3.8, 4) is 0 Å². The predicted octanol–water partition coefficient (Wildman–Crippen LogP) is 2.78. The molecular weight excluding hydrogens is 495 g/mol. The number of carbonyl (C=O) groups excluding carboxylic acids is 1. The number of likely N-dealkylation sites (tertiary alicyclic amines) is 1. The fraction of sp³-hybridized carbons (Fsp3) is 0.909. The number of ether oxygens (including phenoxy) is 2. The summed E-state index contributed by atoms with van der Waals surface area (Å²) in [6, 6.07) is 0.291. The minimum atomic E-state index is 0. The maximum Gasteiger partial charge on any atom is 0.225 e. The Hall–Kier alpha value is -0.610. The molecular formula is C22H41IN4O3. The van der Waals surface area contributed by atoms with Crippen LogP contribution >= 0.6 is 24.0 Å². The highest BCUT2D eigenvalue weighted by Crippen LogP contribution is 2.26. The molecule has 0 bridgehead atoms. The van der Waals surface area contributed by atoms with Gasteiger partial charge in [0, 0.05) is 57.3 Å². The van der Waals surface area contributed by atoms with Crippen molar-refractivity contribution in [3.63, 3.8) is 0 Å². The largest absolute Gasteiger partial charge is 0.381 e. The van der Waals surface area contributed by atoms with Gasteiger partial charge in [-0.1, -0.05) is 19.3 Å². The topological polar surface area (TPSA) is 75.2 Å². The molecule has 3 aliphatic rings. The third kappa shape index (κ3) is 8.49. The monoisotopic (exact) mass is 536 g/mol. The van der Waals surface area contributed by atoms with E-state index in [1.807, 2.05) is 0 Å². The number of amides is 1. The first-order valence-corrected chi connectivity index (χ1v) is 11.8. The minimum absolute atomic E-state index is 0. The van der Waals surface area contributed by atoms with E-state index in [-0.39, 0.29) is 29.9 Å². The summed E-state index contributed by atoms with van der Waals surface area (Å²) >= 11 is 0. The highest BCUT2D eigenvalue weighted by Gasteiger charge is 2.31. The van der Waals surface area contributed by atoms with E-state index in [0.29, 0.717) is 17.9 Å². The number of halogens is 1. The average molecular weight is 536 g/mol. The lowest BCUT2D eigenvalue weighted by Gasteiger charge is -2.26. The van der Waals surface area contributed by atoms with Gasteiger partial charge in [-0.25, -0.2) is 0 Å². The molecule has 2 atom stereocenters. The van der Waals surface area contributed by atoms with Crippen LogP contribution in [0.1, 0.15) is 58.3 Å². The molecule has 2 saturated heterocycles. The van der Waals surface area contributed by atoms with Crippen LogP contribution in [0.15, 0.2) is 4.99 Å². The van der Waals surface area contributed by atoms with Crippen LogP contribution in [0.4, 0.5) is 0 Å². The molecule has 2 aliphatic heterocycles. The number of rotatable bonds is 9. The van der Waals surface area contributed by atoms with Crippen molar-refractivity contribution in [1.29, 1.82) is 0 Å². The normalized spacial score (nSPS) is 25.2. The molecule has 3 fully saturated rings. The highest BCUT2D eigenvalue weighted by atomic mass is 127. The maximum absolute atomic E-state index is 12.8. The third-order valence-electron chi connectivity index (χ3n) is 6.23. The minimum Gasteiger partial charge on any atom is -0.381 e. The van der Waals surface area contributed by atoms with Crippen molar-refractivity contribution in [2.75, 3.05) is 52.6 Å². The molecule has 8 heteroatoms. The van der Waals surface area contributed by atoms with Gasteiger partial charge in [-0.3, -0.25) is 9.79 Å². The van der Waals surface area contributed by atoms with Gasteiger partial charge in [-0.2, -0.15) is 0 Å². The van der Waals surface area contributed by atoms with Gasteiger partial charge in [-0.15, -0.1) is 24.0 Å². The molecule has 0 aromatic carbocycles. The molecule has 2 heterocycles. The molecule has 0 aromatic heterocycles. The fourth-order valence-electron chi connectivity index (χ4n) is 4.52. The van der Waals surface area contributed by atoms with E-state index < -0.39 is 0 Å². The van der Waals surface area contributed by atoms with E-state index in [2.05, 4.69) is 22.5 Å². The Bertz CT molecular complexity index is 523. The summed E-state index contributed by atoms with van der Waals surface area (Å²) in [7, 11) is 0. The van der Waals surface area contributed by atoms with E-state index in [0.717, 1.165) is 90.7 Å². The zero-order valence-corrected chi connectivity index (χ0v) is 20.9. The van der Waals surface area contributed by atoms with Crippen molar-refractivity contribution in [2.24, 2.45) is 16.8 Å². The van der Waals surface area contributed by atoms with Crippen molar-refractivity contribution >= 4 is 35.8 Å². The lowest BCUT2D eigenvalue weighted by Crippen LogP contribution is -2.45. The first-order chi connectivity index (χ1) is 14.3. The molecule has 1 saturated carbocycles. The summed E-state index contributed by atoms with van der Waals surface area (Å²) in [4.78, 5) is 19.5. The van der Waals surface area contributed by atoms with Gasteiger partial charge in [-0.05, 0) is 39.0 Å². The first kappa shape index (κ1) is 25.6.